The van der Waals surface area contributed by atoms with Gasteiger partial charge in [0.2, 0.25) is 5.91 Å². The molecular weight excluding hydrogens is 280 g/mol. The van der Waals surface area contributed by atoms with E-state index in [4.69, 9.17) is 9.47 Å². The lowest BCUT2D eigenvalue weighted by Crippen LogP contribution is -2.41. The molecule has 1 aliphatic heterocycles. The summed E-state index contributed by atoms with van der Waals surface area (Å²) in [7, 11) is 1.65. The van der Waals surface area contributed by atoms with E-state index in [2.05, 4.69) is 17.1 Å². The Labute approximate surface area is 132 Å². The van der Waals surface area contributed by atoms with E-state index in [1.54, 1.807) is 7.11 Å². The topological polar surface area (TPSA) is 50.8 Å². The third-order valence-corrected chi connectivity index (χ3v) is 4.01. The Morgan fingerprint density at radius 1 is 1.41 bits per heavy atom. The molecule has 0 spiro atoms. The van der Waals surface area contributed by atoms with Crippen LogP contribution >= 0.6 is 0 Å². The third-order valence-electron chi connectivity index (χ3n) is 4.01. The van der Waals surface area contributed by atoms with Crippen LogP contribution in [0, 0.1) is 0 Å². The molecule has 1 heterocycles. The number of benzene rings is 1. The molecule has 22 heavy (non-hydrogen) atoms. The first-order valence-electron chi connectivity index (χ1n) is 7.90. The van der Waals surface area contributed by atoms with Crippen LogP contribution in [0.3, 0.4) is 0 Å². The van der Waals surface area contributed by atoms with Crippen molar-refractivity contribution >= 4 is 5.91 Å². The van der Waals surface area contributed by atoms with E-state index >= 15 is 0 Å². The summed E-state index contributed by atoms with van der Waals surface area (Å²) in [6.45, 7) is 7.15. The second-order valence-corrected chi connectivity index (χ2v) is 5.69. The van der Waals surface area contributed by atoms with Crippen molar-refractivity contribution in [1.29, 1.82) is 0 Å². The van der Waals surface area contributed by atoms with Crippen molar-refractivity contribution in [2.45, 2.75) is 19.3 Å². The van der Waals surface area contributed by atoms with Gasteiger partial charge in [-0.05, 0) is 23.6 Å². The summed E-state index contributed by atoms with van der Waals surface area (Å²) >= 11 is 0. The fourth-order valence-corrected chi connectivity index (χ4v) is 2.59. The average Bonchev–Trinajstić information content (AvgIpc) is 2.56. The number of hydrogen-bond acceptors (Lipinski definition) is 4. The van der Waals surface area contributed by atoms with Crippen LogP contribution in [0.2, 0.25) is 0 Å². The zero-order valence-corrected chi connectivity index (χ0v) is 13.5. The standard InChI is InChI=1S/C17H26N2O3/c1-14(15-4-3-5-16(13-15)21-2)12-17(20)18-6-7-19-8-10-22-11-9-19/h3-5,13-14H,6-12H2,1-2H3,(H,18,20). The van der Waals surface area contributed by atoms with Gasteiger partial charge in [-0.3, -0.25) is 9.69 Å². The summed E-state index contributed by atoms with van der Waals surface area (Å²) in [5.41, 5.74) is 1.13. The molecule has 1 atom stereocenters. The quantitative estimate of drug-likeness (QED) is 0.832. The zero-order chi connectivity index (χ0) is 15.8. The number of methoxy groups -OCH3 is 1. The molecule has 1 aromatic carbocycles. The van der Waals surface area contributed by atoms with E-state index in [1.165, 1.54) is 0 Å². The minimum atomic E-state index is 0.101. The normalized spacial score (nSPS) is 17.0. The van der Waals surface area contributed by atoms with Gasteiger partial charge in [-0.25, -0.2) is 0 Å². The van der Waals surface area contributed by atoms with Gasteiger partial charge in [-0.1, -0.05) is 19.1 Å². The predicted molar refractivity (Wildman–Crippen MR) is 86.3 cm³/mol. The van der Waals surface area contributed by atoms with Gasteiger partial charge in [-0.2, -0.15) is 0 Å². The Balaban J connectivity index is 1.71. The van der Waals surface area contributed by atoms with Gasteiger partial charge in [0.1, 0.15) is 5.75 Å². The molecule has 1 fully saturated rings. The molecule has 0 aromatic heterocycles. The van der Waals surface area contributed by atoms with Gasteiger partial charge in [0, 0.05) is 32.6 Å². The summed E-state index contributed by atoms with van der Waals surface area (Å²) < 4.78 is 10.5. The molecular formula is C17H26N2O3. The molecule has 2 rings (SSSR count). The summed E-state index contributed by atoms with van der Waals surface area (Å²) in [6.07, 6.45) is 0.496. The van der Waals surface area contributed by atoms with Crippen LogP contribution in [-0.4, -0.2) is 57.3 Å². The van der Waals surface area contributed by atoms with Crippen molar-refractivity contribution in [2.24, 2.45) is 0 Å². The third kappa shape index (κ3) is 5.31. The SMILES string of the molecule is COc1cccc(C(C)CC(=O)NCCN2CCOCC2)c1. The maximum atomic E-state index is 12.0. The van der Waals surface area contributed by atoms with Crippen LogP contribution in [-0.2, 0) is 9.53 Å². The van der Waals surface area contributed by atoms with Crippen LogP contribution in [0.25, 0.3) is 0 Å². The van der Waals surface area contributed by atoms with Crippen molar-refractivity contribution in [3.05, 3.63) is 29.8 Å². The second-order valence-electron chi connectivity index (χ2n) is 5.69. The summed E-state index contributed by atoms with van der Waals surface area (Å²) in [4.78, 5) is 14.4. The first kappa shape index (κ1) is 16.8. The van der Waals surface area contributed by atoms with E-state index in [0.717, 1.165) is 44.2 Å². The molecule has 122 valence electrons. The summed E-state index contributed by atoms with van der Waals surface area (Å²) in [6, 6.07) is 7.90. The Bertz CT molecular complexity index is 473. The number of hydrogen-bond donors (Lipinski definition) is 1. The molecule has 1 unspecified atom stereocenters. The maximum absolute atomic E-state index is 12.0. The lowest BCUT2D eigenvalue weighted by Gasteiger charge is -2.26. The molecule has 0 bridgehead atoms. The Kier molecular flexibility index (Phi) is 6.68. The summed E-state index contributed by atoms with van der Waals surface area (Å²) in [5.74, 6) is 1.11. The Hall–Kier alpha value is -1.59. The fraction of sp³-hybridized carbons (Fsp3) is 0.588. The van der Waals surface area contributed by atoms with Crippen LogP contribution in [0.4, 0.5) is 0 Å². The highest BCUT2D eigenvalue weighted by Crippen LogP contribution is 2.22. The number of carbonyl (C=O) groups is 1. The molecule has 5 nitrogen and oxygen atoms in total. The molecule has 1 saturated heterocycles. The molecule has 0 saturated carbocycles. The zero-order valence-electron chi connectivity index (χ0n) is 13.5. The predicted octanol–water partition coefficient (Wildman–Crippen LogP) is 1.64. The Morgan fingerprint density at radius 2 is 2.18 bits per heavy atom. The number of nitrogens with one attached hydrogen (secondary N) is 1. The first-order chi connectivity index (χ1) is 10.7. The first-order valence-corrected chi connectivity index (χ1v) is 7.90. The Morgan fingerprint density at radius 3 is 2.91 bits per heavy atom. The highest BCUT2D eigenvalue weighted by atomic mass is 16.5. The van der Waals surface area contributed by atoms with Crippen LogP contribution in [0.1, 0.15) is 24.8 Å². The number of rotatable bonds is 7. The molecule has 1 aliphatic rings. The number of ether oxygens (including phenoxy) is 2. The lowest BCUT2D eigenvalue weighted by atomic mass is 9.97. The highest BCUT2D eigenvalue weighted by Gasteiger charge is 2.13. The van der Waals surface area contributed by atoms with E-state index < -0.39 is 0 Å². The molecule has 1 aromatic rings. The summed E-state index contributed by atoms with van der Waals surface area (Å²) in [5, 5.41) is 3.01. The largest absolute Gasteiger partial charge is 0.497 e. The van der Waals surface area contributed by atoms with Gasteiger partial charge in [0.15, 0.2) is 0 Å². The van der Waals surface area contributed by atoms with Gasteiger partial charge in [0.05, 0.1) is 20.3 Å². The minimum Gasteiger partial charge on any atom is -0.497 e. The molecule has 1 N–H and O–H groups in total. The van der Waals surface area contributed by atoms with Crippen molar-refractivity contribution in [1.82, 2.24) is 10.2 Å². The maximum Gasteiger partial charge on any atom is 0.220 e. The van der Waals surface area contributed by atoms with Crippen LogP contribution in [0.15, 0.2) is 24.3 Å². The van der Waals surface area contributed by atoms with Crippen molar-refractivity contribution in [3.8, 4) is 5.75 Å². The fourth-order valence-electron chi connectivity index (χ4n) is 2.59. The molecule has 0 aliphatic carbocycles. The molecule has 5 heteroatoms. The van der Waals surface area contributed by atoms with E-state index in [9.17, 15) is 4.79 Å². The monoisotopic (exact) mass is 306 g/mol. The number of nitrogens with zero attached hydrogens (tertiary/aromatic N) is 1. The minimum absolute atomic E-state index is 0.101. The average molecular weight is 306 g/mol. The van der Waals surface area contributed by atoms with Crippen molar-refractivity contribution < 1.29 is 14.3 Å². The second kappa shape index (κ2) is 8.76. The van der Waals surface area contributed by atoms with Crippen LogP contribution < -0.4 is 10.1 Å². The van der Waals surface area contributed by atoms with E-state index in [0.29, 0.717) is 13.0 Å². The number of carbonyl (C=O) groups excluding carboxylic acids is 1. The van der Waals surface area contributed by atoms with Gasteiger partial charge >= 0.3 is 0 Å². The van der Waals surface area contributed by atoms with Gasteiger partial charge in [-0.15, -0.1) is 0 Å². The van der Waals surface area contributed by atoms with E-state index in [1.807, 2.05) is 24.3 Å². The smallest absolute Gasteiger partial charge is 0.220 e. The highest BCUT2D eigenvalue weighted by molar-refractivity contribution is 5.76. The van der Waals surface area contributed by atoms with Crippen LogP contribution in [0.5, 0.6) is 5.75 Å². The molecule has 0 radical (unpaired) electrons. The lowest BCUT2D eigenvalue weighted by molar-refractivity contribution is -0.121. The van der Waals surface area contributed by atoms with Crippen molar-refractivity contribution in [2.75, 3.05) is 46.5 Å². The van der Waals surface area contributed by atoms with Crippen molar-refractivity contribution in [3.63, 3.8) is 0 Å². The van der Waals surface area contributed by atoms with E-state index in [-0.39, 0.29) is 11.8 Å². The number of amides is 1. The molecule has 1 amide bonds. The number of morpholine rings is 1. The van der Waals surface area contributed by atoms with Gasteiger partial charge in [0.25, 0.3) is 0 Å². The van der Waals surface area contributed by atoms with Gasteiger partial charge < -0.3 is 14.8 Å².